The minimum absolute atomic E-state index is 0.158. The maximum atomic E-state index is 12.2. The van der Waals surface area contributed by atoms with Gasteiger partial charge in [0.2, 0.25) is 11.9 Å². The van der Waals surface area contributed by atoms with Crippen LogP contribution in [0.2, 0.25) is 5.02 Å². The lowest BCUT2D eigenvalue weighted by atomic mass is 10.0. The Morgan fingerprint density at radius 3 is 2.92 bits per heavy atom. The maximum absolute atomic E-state index is 12.2. The molecule has 3 aromatic rings. The Morgan fingerprint density at radius 1 is 1.46 bits per heavy atom. The van der Waals surface area contributed by atoms with Gasteiger partial charge in [-0.3, -0.25) is 10.1 Å². The van der Waals surface area contributed by atoms with Crippen LogP contribution in [0, 0.1) is 6.92 Å². The van der Waals surface area contributed by atoms with E-state index < -0.39 is 11.5 Å². The number of rotatable bonds is 4. The van der Waals surface area contributed by atoms with E-state index in [-0.39, 0.29) is 17.9 Å². The van der Waals surface area contributed by atoms with Crippen LogP contribution in [0.4, 0.5) is 5.95 Å². The first-order valence-electron chi connectivity index (χ1n) is 6.94. The maximum Gasteiger partial charge on any atom is 0.340 e. The van der Waals surface area contributed by atoms with E-state index in [4.69, 9.17) is 20.8 Å². The van der Waals surface area contributed by atoms with E-state index in [2.05, 4.69) is 20.5 Å². The number of carbonyl (C=O) groups is 1. The van der Waals surface area contributed by atoms with Crippen LogP contribution < -0.4 is 15.7 Å². The number of methoxy groups -OCH3 is 1. The van der Waals surface area contributed by atoms with Crippen molar-refractivity contribution >= 4 is 34.4 Å². The molecule has 0 radical (unpaired) electrons. The molecule has 1 aromatic carbocycles. The number of amides is 1. The van der Waals surface area contributed by atoms with Crippen molar-refractivity contribution in [3.05, 3.63) is 45.0 Å². The summed E-state index contributed by atoms with van der Waals surface area (Å²) in [6.45, 7) is 1.74. The Kier molecular flexibility index (Phi) is 4.22. The molecular weight excluding hydrogens is 336 g/mol. The number of aromatic nitrogens is 3. The van der Waals surface area contributed by atoms with E-state index >= 15 is 0 Å². The standard InChI is InChI=1S/C15H13ClN4O4/c1-7-8-3-10(16)12(23-2)5-11(8)24-14(22)9(7)4-13(21)19-15-17-6-18-20-15/h3,5-6H,4H2,1-2H3,(H2,17,18,19,20,21). The first kappa shape index (κ1) is 16.0. The van der Waals surface area contributed by atoms with Gasteiger partial charge in [0.05, 0.1) is 24.1 Å². The Morgan fingerprint density at radius 2 is 2.25 bits per heavy atom. The van der Waals surface area contributed by atoms with Crippen LogP contribution in [0.3, 0.4) is 0 Å². The molecule has 0 saturated carbocycles. The van der Waals surface area contributed by atoms with Gasteiger partial charge in [-0.05, 0) is 18.6 Å². The van der Waals surface area contributed by atoms with Gasteiger partial charge < -0.3 is 9.15 Å². The van der Waals surface area contributed by atoms with Gasteiger partial charge in [0.15, 0.2) is 0 Å². The molecule has 124 valence electrons. The largest absolute Gasteiger partial charge is 0.495 e. The molecule has 24 heavy (non-hydrogen) atoms. The number of fused-ring (bicyclic) bond motifs is 1. The fourth-order valence-electron chi connectivity index (χ4n) is 2.35. The van der Waals surface area contributed by atoms with Crippen molar-refractivity contribution in [2.45, 2.75) is 13.3 Å². The predicted molar refractivity (Wildman–Crippen MR) is 87.5 cm³/mol. The highest BCUT2D eigenvalue weighted by Gasteiger charge is 2.17. The number of anilines is 1. The predicted octanol–water partition coefficient (Wildman–Crippen LogP) is 2.06. The van der Waals surface area contributed by atoms with Crippen molar-refractivity contribution < 1.29 is 13.9 Å². The summed E-state index contributed by atoms with van der Waals surface area (Å²) >= 11 is 6.12. The SMILES string of the molecule is COc1cc2oc(=O)c(CC(=O)Nc3ncn[nH]3)c(C)c2cc1Cl. The van der Waals surface area contributed by atoms with E-state index in [0.29, 0.717) is 27.3 Å². The first-order chi connectivity index (χ1) is 11.5. The number of aryl methyl sites for hydroxylation is 1. The van der Waals surface area contributed by atoms with Crippen molar-refractivity contribution in [2.24, 2.45) is 0 Å². The molecule has 0 aliphatic rings. The molecule has 9 heteroatoms. The molecule has 0 atom stereocenters. The molecular formula is C15H13ClN4O4. The van der Waals surface area contributed by atoms with Crippen molar-refractivity contribution in [2.75, 3.05) is 12.4 Å². The molecule has 8 nitrogen and oxygen atoms in total. The van der Waals surface area contributed by atoms with Crippen LogP contribution in [-0.2, 0) is 11.2 Å². The van der Waals surface area contributed by atoms with E-state index in [0.717, 1.165) is 0 Å². The topological polar surface area (TPSA) is 110 Å². The number of nitrogens with one attached hydrogen (secondary N) is 2. The molecule has 3 rings (SSSR count). The molecule has 1 amide bonds. The Labute approximate surface area is 140 Å². The highest BCUT2D eigenvalue weighted by molar-refractivity contribution is 6.32. The number of ether oxygens (including phenoxy) is 1. The summed E-state index contributed by atoms with van der Waals surface area (Å²) < 4.78 is 10.4. The lowest BCUT2D eigenvalue weighted by molar-refractivity contribution is -0.115. The summed E-state index contributed by atoms with van der Waals surface area (Å²) in [4.78, 5) is 28.1. The van der Waals surface area contributed by atoms with Crippen molar-refractivity contribution in [1.82, 2.24) is 15.2 Å². The number of carbonyl (C=O) groups excluding carboxylic acids is 1. The third-order valence-electron chi connectivity index (χ3n) is 3.57. The zero-order valence-corrected chi connectivity index (χ0v) is 13.6. The van der Waals surface area contributed by atoms with Crippen LogP contribution in [-0.4, -0.2) is 28.2 Å². The fourth-order valence-corrected chi connectivity index (χ4v) is 2.59. The number of hydrogen-bond acceptors (Lipinski definition) is 6. The van der Waals surface area contributed by atoms with Crippen molar-refractivity contribution in [3.63, 3.8) is 0 Å². The average molecular weight is 349 g/mol. The summed E-state index contributed by atoms with van der Waals surface area (Å²) in [5.41, 5.74) is 0.634. The summed E-state index contributed by atoms with van der Waals surface area (Å²) in [6, 6.07) is 3.19. The summed E-state index contributed by atoms with van der Waals surface area (Å²) in [5, 5.41) is 9.67. The first-order valence-corrected chi connectivity index (χ1v) is 7.32. The van der Waals surface area contributed by atoms with E-state index in [1.54, 1.807) is 19.1 Å². The third-order valence-corrected chi connectivity index (χ3v) is 3.87. The minimum atomic E-state index is -0.586. The molecule has 0 saturated heterocycles. The Balaban J connectivity index is 1.99. The quantitative estimate of drug-likeness (QED) is 0.698. The van der Waals surface area contributed by atoms with Crippen molar-refractivity contribution in [1.29, 1.82) is 0 Å². The number of aromatic amines is 1. The van der Waals surface area contributed by atoms with Crippen LogP contribution in [0.5, 0.6) is 5.75 Å². The molecule has 2 aromatic heterocycles. The second kappa shape index (κ2) is 6.32. The summed E-state index contributed by atoms with van der Waals surface area (Å²) in [6.07, 6.45) is 1.11. The van der Waals surface area contributed by atoms with E-state index in [1.165, 1.54) is 13.4 Å². The number of benzene rings is 1. The van der Waals surface area contributed by atoms with Gasteiger partial charge >= 0.3 is 5.63 Å². The van der Waals surface area contributed by atoms with Gasteiger partial charge in [-0.2, -0.15) is 10.1 Å². The van der Waals surface area contributed by atoms with Gasteiger partial charge in [-0.25, -0.2) is 9.89 Å². The van der Waals surface area contributed by atoms with E-state index in [9.17, 15) is 9.59 Å². The molecule has 0 aliphatic heterocycles. The van der Waals surface area contributed by atoms with Crippen molar-refractivity contribution in [3.8, 4) is 5.75 Å². The van der Waals surface area contributed by atoms with Gasteiger partial charge in [0.1, 0.15) is 17.7 Å². The van der Waals surface area contributed by atoms with Crippen LogP contribution in [0.25, 0.3) is 11.0 Å². The molecule has 2 N–H and O–H groups in total. The molecule has 0 bridgehead atoms. The minimum Gasteiger partial charge on any atom is -0.495 e. The second-order valence-corrected chi connectivity index (χ2v) is 5.44. The van der Waals surface area contributed by atoms with Gasteiger partial charge in [-0.15, -0.1) is 0 Å². The van der Waals surface area contributed by atoms with Crippen LogP contribution >= 0.6 is 11.6 Å². The fraction of sp³-hybridized carbons (Fsp3) is 0.200. The normalized spacial score (nSPS) is 10.8. The second-order valence-electron chi connectivity index (χ2n) is 5.04. The highest BCUT2D eigenvalue weighted by atomic mass is 35.5. The summed E-state index contributed by atoms with van der Waals surface area (Å²) in [7, 11) is 1.47. The third kappa shape index (κ3) is 2.95. The zero-order chi connectivity index (χ0) is 17.3. The van der Waals surface area contributed by atoms with E-state index in [1.807, 2.05) is 0 Å². The lowest BCUT2D eigenvalue weighted by Crippen LogP contribution is -2.21. The highest BCUT2D eigenvalue weighted by Crippen LogP contribution is 2.31. The zero-order valence-electron chi connectivity index (χ0n) is 12.8. The van der Waals surface area contributed by atoms with Gasteiger partial charge in [0, 0.05) is 11.5 Å². The molecule has 0 unspecified atom stereocenters. The summed E-state index contributed by atoms with van der Waals surface area (Å²) in [5.74, 6) is 0.194. The Hall–Kier alpha value is -2.87. The monoisotopic (exact) mass is 348 g/mol. The van der Waals surface area contributed by atoms with Crippen LogP contribution in [0.15, 0.2) is 27.7 Å². The number of nitrogens with zero attached hydrogens (tertiary/aromatic N) is 2. The molecule has 0 spiro atoms. The lowest BCUT2D eigenvalue weighted by Gasteiger charge is -2.10. The molecule has 2 heterocycles. The number of H-pyrrole nitrogens is 1. The van der Waals surface area contributed by atoms with Gasteiger partial charge in [-0.1, -0.05) is 11.6 Å². The van der Waals surface area contributed by atoms with Crippen LogP contribution in [0.1, 0.15) is 11.1 Å². The number of halogens is 1. The average Bonchev–Trinajstić information content (AvgIpc) is 3.04. The van der Waals surface area contributed by atoms with Gasteiger partial charge in [0.25, 0.3) is 0 Å². The molecule has 0 aliphatic carbocycles. The molecule has 0 fully saturated rings. The smallest absolute Gasteiger partial charge is 0.340 e. The number of hydrogen-bond donors (Lipinski definition) is 2. The Bertz CT molecular complexity index is 966.